The third kappa shape index (κ3) is 3.83. The van der Waals surface area contributed by atoms with Crippen LogP contribution in [0.4, 0.5) is 26.3 Å². The summed E-state index contributed by atoms with van der Waals surface area (Å²) in [6, 6.07) is 13.3. The van der Waals surface area contributed by atoms with Gasteiger partial charge in [0.1, 0.15) is 0 Å². The first-order chi connectivity index (χ1) is 15.0. The molecule has 0 saturated heterocycles. The van der Waals surface area contributed by atoms with Gasteiger partial charge in [-0.2, -0.15) is 26.3 Å². The van der Waals surface area contributed by atoms with Crippen LogP contribution in [0.25, 0.3) is 21.8 Å². The van der Waals surface area contributed by atoms with Crippen molar-refractivity contribution in [1.29, 1.82) is 10.9 Å². The van der Waals surface area contributed by atoms with Crippen LogP contribution in [0.2, 0.25) is 0 Å². The number of aromatic nitrogens is 1. The number of hydrogen-bond donors (Lipinski definition) is 2. The van der Waals surface area contributed by atoms with Crippen LogP contribution < -0.4 is 0 Å². The SMILES string of the molecule is N=NC(=N)c1ccc2c(c1)c1ccccc1n2Cc1cc(C(F)(F)F)cc(C(F)(F)F)c1. The minimum atomic E-state index is -4.92. The number of alkyl halides is 6. The van der Waals surface area contributed by atoms with Crippen LogP contribution in [0.15, 0.2) is 65.8 Å². The van der Waals surface area contributed by atoms with Gasteiger partial charge in [0.2, 0.25) is 0 Å². The highest BCUT2D eigenvalue weighted by Crippen LogP contribution is 2.37. The number of benzene rings is 3. The Bertz CT molecular complexity index is 1330. The molecule has 4 rings (SSSR count). The van der Waals surface area contributed by atoms with Crippen molar-refractivity contribution in [3.05, 3.63) is 82.9 Å². The largest absolute Gasteiger partial charge is 0.416 e. The molecular formula is C22H14F6N4. The summed E-state index contributed by atoms with van der Waals surface area (Å²) >= 11 is 0. The van der Waals surface area contributed by atoms with Crippen molar-refractivity contribution < 1.29 is 26.3 Å². The predicted molar refractivity (Wildman–Crippen MR) is 107 cm³/mol. The van der Waals surface area contributed by atoms with E-state index < -0.39 is 23.5 Å². The van der Waals surface area contributed by atoms with Gasteiger partial charge in [-0.3, -0.25) is 5.41 Å². The molecule has 0 unspecified atom stereocenters. The molecule has 0 aliphatic carbocycles. The Balaban J connectivity index is 1.93. The summed E-state index contributed by atoms with van der Waals surface area (Å²) in [5.41, 5.74) is 5.70. The summed E-state index contributed by atoms with van der Waals surface area (Å²) < 4.78 is 81.2. The molecule has 0 fully saturated rings. The highest BCUT2D eigenvalue weighted by atomic mass is 19.4. The topological polar surface area (TPSA) is 65.0 Å². The molecule has 0 amide bonds. The van der Waals surface area contributed by atoms with Crippen LogP contribution in [0, 0.1) is 10.9 Å². The zero-order valence-electron chi connectivity index (χ0n) is 16.1. The molecule has 0 spiro atoms. The number of para-hydroxylation sites is 1. The molecule has 0 saturated carbocycles. The first-order valence-electron chi connectivity index (χ1n) is 9.25. The molecule has 4 nitrogen and oxygen atoms in total. The number of amidine groups is 1. The fourth-order valence-corrected chi connectivity index (χ4v) is 3.73. The van der Waals surface area contributed by atoms with E-state index in [1.54, 1.807) is 41.0 Å². The van der Waals surface area contributed by atoms with Crippen LogP contribution in [0.5, 0.6) is 0 Å². The molecule has 0 aliphatic heterocycles. The number of rotatable bonds is 3. The smallest absolute Gasteiger partial charge is 0.336 e. The van der Waals surface area contributed by atoms with Gasteiger partial charge in [0.25, 0.3) is 0 Å². The molecule has 10 heteroatoms. The molecular weight excluding hydrogens is 434 g/mol. The molecule has 3 aromatic carbocycles. The van der Waals surface area contributed by atoms with Crippen LogP contribution in [0.1, 0.15) is 22.3 Å². The minimum Gasteiger partial charge on any atom is -0.336 e. The van der Waals surface area contributed by atoms with Crippen LogP contribution >= 0.6 is 0 Å². The second-order valence-electron chi connectivity index (χ2n) is 7.21. The number of nitrogens with zero attached hydrogens (tertiary/aromatic N) is 2. The molecule has 0 bridgehead atoms. The summed E-state index contributed by atoms with van der Waals surface area (Å²) in [6.07, 6.45) is -9.85. The molecule has 0 radical (unpaired) electrons. The Morgan fingerprint density at radius 3 is 1.97 bits per heavy atom. The summed E-state index contributed by atoms with van der Waals surface area (Å²) in [4.78, 5) is 0. The third-order valence-electron chi connectivity index (χ3n) is 5.15. The van der Waals surface area contributed by atoms with Gasteiger partial charge < -0.3 is 4.57 Å². The van der Waals surface area contributed by atoms with Crippen LogP contribution in [-0.4, -0.2) is 10.4 Å². The van der Waals surface area contributed by atoms with Gasteiger partial charge in [-0.15, -0.1) is 5.11 Å². The molecule has 0 atom stereocenters. The molecule has 164 valence electrons. The Labute approximate surface area is 177 Å². The predicted octanol–water partition coefficient (Wildman–Crippen LogP) is 7.24. The summed E-state index contributed by atoms with van der Waals surface area (Å²) in [5, 5.41) is 12.2. The van der Waals surface area contributed by atoms with Crippen molar-refractivity contribution in [3.8, 4) is 0 Å². The number of hydrogen-bond acceptors (Lipinski definition) is 2. The van der Waals surface area contributed by atoms with Crippen molar-refractivity contribution >= 4 is 27.6 Å². The Hall–Kier alpha value is -3.69. The average molecular weight is 448 g/mol. The fourth-order valence-electron chi connectivity index (χ4n) is 3.73. The summed E-state index contributed by atoms with van der Waals surface area (Å²) in [5.74, 6) is -0.267. The van der Waals surface area contributed by atoms with E-state index in [9.17, 15) is 26.3 Å². The van der Waals surface area contributed by atoms with Crippen molar-refractivity contribution in [2.45, 2.75) is 18.9 Å². The molecule has 4 aromatic rings. The van der Waals surface area contributed by atoms with Crippen molar-refractivity contribution in [1.82, 2.24) is 4.57 Å². The second-order valence-corrected chi connectivity index (χ2v) is 7.21. The molecule has 2 N–H and O–H groups in total. The van der Waals surface area contributed by atoms with E-state index in [0.717, 1.165) is 12.1 Å². The fraction of sp³-hybridized carbons (Fsp3) is 0.136. The zero-order valence-corrected chi connectivity index (χ0v) is 16.1. The average Bonchev–Trinajstić information content (AvgIpc) is 3.05. The van der Waals surface area contributed by atoms with Gasteiger partial charge in [0.15, 0.2) is 5.84 Å². The standard InChI is InChI=1S/C22H14F6N4/c23-21(24,25)14-7-12(8-15(10-14)22(26,27)28)11-32-18-4-2-1-3-16(18)17-9-13(20(29)31-30)5-6-19(17)32/h1-10,29-30H,11H2. The lowest BCUT2D eigenvalue weighted by molar-refractivity contribution is -0.143. The maximum Gasteiger partial charge on any atom is 0.416 e. The highest BCUT2D eigenvalue weighted by Gasteiger charge is 2.37. The maximum absolute atomic E-state index is 13.3. The molecule has 1 aromatic heterocycles. The lowest BCUT2D eigenvalue weighted by Crippen LogP contribution is -2.12. The molecule has 32 heavy (non-hydrogen) atoms. The lowest BCUT2D eigenvalue weighted by Gasteiger charge is -2.15. The van der Waals surface area contributed by atoms with Gasteiger partial charge >= 0.3 is 12.4 Å². The lowest BCUT2D eigenvalue weighted by atomic mass is 10.0. The van der Waals surface area contributed by atoms with Gasteiger partial charge in [0, 0.05) is 33.9 Å². The number of fused-ring (bicyclic) bond motifs is 3. The van der Waals surface area contributed by atoms with Gasteiger partial charge in [0.05, 0.1) is 11.1 Å². The molecule has 0 aliphatic rings. The third-order valence-corrected chi connectivity index (χ3v) is 5.15. The first kappa shape index (κ1) is 21.5. The summed E-state index contributed by atoms with van der Waals surface area (Å²) in [7, 11) is 0. The minimum absolute atomic E-state index is 0.109. The van der Waals surface area contributed by atoms with Crippen molar-refractivity contribution in [2.24, 2.45) is 5.11 Å². The Morgan fingerprint density at radius 1 is 0.781 bits per heavy atom. The van der Waals surface area contributed by atoms with E-state index in [4.69, 9.17) is 10.9 Å². The number of halogens is 6. The second kappa shape index (κ2) is 7.47. The Morgan fingerprint density at radius 2 is 1.38 bits per heavy atom. The van der Waals surface area contributed by atoms with Crippen molar-refractivity contribution in [3.63, 3.8) is 0 Å². The van der Waals surface area contributed by atoms with E-state index in [-0.39, 0.29) is 24.0 Å². The van der Waals surface area contributed by atoms with Gasteiger partial charge in [-0.05, 0) is 48.0 Å². The maximum atomic E-state index is 13.3. The first-order valence-corrected chi connectivity index (χ1v) is 9.25. The van der Waals surface area contributed by atoms with E-state index in [0.29, 0.717) is 27.4 Å². The van der Waals surface area contributed by atoms with E-state index in [1.165, 1.54) is 6.07 Å². The molecule has 1 heterocycles. The van der Waals surface area contributed by atoms with E-state index in [1.807, 2.05) is 0 Å². The Kier molecular flexibility index (Phi) is 5.03. The highest BCUT2D eigenvalue weighted by molar-refractivity contribution is 6.11. The van der Waals surface area contributed by atoms with Gasteiger partial charge in [-0.1, -0.05) is 18.2 Å². The van der Waals surface area contributed by atoms with E-state index in [2.05, 4.69) is 5.11 Å². The van der Waals surface area contributed by atoms with Crippen molar-refractivity contribution in [2.75, 3.05) is 0 Å². The van der Waals surface area contributed by atoms with Crippen LogP contribution in [-0.2, 0) is 18.9 Å². The van der Waals surface area contributed by atoms with E-state index >= 15 is 0 Å². The normalized spacial score (nSPS) is 12.4. The monoisotopic (exact) mass is 448 g/mol. The van der Waals surface area contributed by atoms with Crippen LogP contribution in [0.3, 0.4) is 0 Å². The number of nitrogens with one attached hydrogen (secondary N) is 2. The zero-order chi connectivity index (χ0) is 23.3. The van der Waals surface area contributed by atoms with Gasteiger partial charge in [-0.25, -0.2) is 5.53 Å². The summed E-state index contributed by atoms with van der Waals surface area (Å²) in [6.45, 7) is -0.226. The quantitative estimate of drug-likeness (QED) is 0.144.